The van der Waals surface area contributed by atoms with Crippen LogP contribution in [-0.2, 0) is 7.05 Å². The van der Waals surface area contributed by atoms with Gasteiger partial charge in [-0.3, -0.25) is 4.57 Å². The zero-order chi connectivity index (χ0) is 10.3. The average molecular weight is 191 g/mol. The van der Waals surface area contributed by atoms with E-state index in [1.807, 2.05) is 18.2 Å². The molecule has 14 heavy (non-hydrogen) atoms. The summed E-state index contributed by atoms with van der Waals surface area (Å²) < 4.78 is 6.66. The lowest BCUT2D eigenvalue weighted by molar-refractivity contribution is 0.528. The molecule has 3 nitrogen and oxygen atoms in total. The number of aryl methyl sites for hydroxylation is 1. The Bertz CT molecular complexity index is 520. The summed E-state index contributed by atoms with van der Waals surface area (Å²) in [5.41, 5.74) is 2.73. The smallest absolute Gasteiger partial charge is 0.408 e. The zero-order valence-corrected chi connectivity index (χ0v) is 8.57. The van der Waals surface area contributed by atoms with Crippen molar-refractivity contribution in [3.63, 3.8) is 0 Å². The van der Waals surface area contributed by atoms with E-state index in [-0.39, 0.29) is 5.76 Å². The van der Waals surface area contributed by atoms with Gasteiger partial charge in [0.15, 0.2) is 5.58 Å². The maximum absolute atomic E-state index is 11.3. The van der Waals surface area contributed by atoms with Crippen molar-refractivity contribution in [3.05, 3.63) is 34.3 Å². The van der Waals surface area contributed by atoms with Crippen molar-refractivity contribution in [2.24, 2.45) is 7.05 Å². The highest BCUT2D eigenvalue weighted by Crippen LogP contribution is 2.23. The number of fused-ring (bicyclic) bond motifs is 1. The first kappa shape index (κ1) is 9.06. The summed E-state index contributed by atoms with van der Waals surface area (Å²) in [7, 11) is 1.74. The van der Waals surface area contributed by atoms with Gasteiger partial charge in [0, 0.05) is 7.05 Å². The number of benzene rings is 1. The van der Waals surface area contributed by atoms with Crippen molar-refractivity contribution >= 4 is 11.1 Å². The van der Waals surface area contributed by atoms with Gasteiger partial charge in [0.2, 0.25) is 0 Å². The summed E-state index contributed by atoms with van der Waals surface area (Å²) in [5.74, 6) is 0.0926. The van der Waals surface area contributed by atoms with E-state index in [1.54, 1.807) is 11.6 Å². The predicted molar refractivity (Wildman–Crippen MR) is 55.5 cm³/mol. The van der Waals surface area contributed by atoms with Crippen LogP contribution >= 0.6 is 0 Å². The van der Waals surface area contributed by atoms with Gasteiger partial charge in [0.05, 0.1) is 5.52 Å². The quantitative estimate of drug-likeness (QED) is 0.693. The Hall–Kier alpha value is -1.51. The molecule has 0 aliphatic rings. The number of hydrogen-bond donors (Lipinski definition) is 0. The first-order valence-corrected chi connectivity index (χ1v) is 4.69. The van der Waals surface area contributed by atoms with Crippen LogP contribution in [0.2, 0.25) is 0 Å². The molecule has 0 N–H and O–H groups in total. The first-order chi connectivity index (χ1) is 6.61. The Kier molecular flexibility index (Phi) is 1.95. The molecular formula is C11H13NO2. The van der Waals surface area contributed by atoms with E-state index in [1.165, 1.54) is 0 Å². The van der Waals surface area contributed by atoms with E-state index >= 15 is 0 Å². The molecule has 1 aromatic heterocycles. The van der Waals surface area contributed by atoms with Gasteiger partial charge >= 0.3 is 5.76 Å². The van der Waals surface area contributed by atoms with Crippen molar-refractivity contribution in [3.8, 4) is 0 Å². The van der Waals surface area contributed by atoms with Crippen molar-refractivity contribution in [2.75, 3.05) is 0 Å². The fraction of sp³-hybridized carbons (Fsp3) is 0.364. The molecule has 0 spiro atoms. The van der Waals surface area contributed by atoms with Gasteiger partial charge in [-0.1, -0.05) is 26.0 Å². The number of aromatic nitrogens is 1. The van der Waals surface area contributed by atoms with E-state index in [2.05, 4.69) is 13.8 Å². The molecule has 2 aromatic rings. The largest absolute Gasteiger partial charge is 0.419 e. The van der Waals surface area contributed by atoms with Crippen LogP contribution in [0, 0.1) is 0 Å². The fourth-order valence-corrected chi connectivity index (χ4v) is 1.70. The molecule has 0 amide bonds. The maximum Gasteiger partial charge on any atom is 0.419 e. The molecule has 0 aliphatic heterocycles. The van der Waals surface area contributed by atoms with Gasteiger partial charge in [0.1, 0.15) is 0 Å². The normalized spacial score (nSPS) is 11.4. The topological polar surface area (TPSA) is 35.1 Å². The van der Waals surface area contributed by atoms with Gasteiger partial charge in [-0.05, 0) is 17.5 Å². The van der Waals surface area contributed by atoms with Crippen molar-refractivity contribution in [1.82, 2.24) is 4.57 Å². The van der Waals surface area contributed by atoms with Crippen LogP contribution in [0.25, 0.3) is 11.1 Å². The number of rotatable bonds is 1. The van der Waals surface area contributed by atoms with Crippen molar-refractivity contribution in [1.29, 1.82) is 0 Å². The van der Waals surface area contributed by atoms with Gasteiger partial charge < -0.3 is 4.42 Å². The molecular weight excluding hydrogens is 178 g/mol. The second kappa shape index (κ2) is 3.01. The Morgan fingerprint density at radius 3 is 2.71 bits per heavy atom. The van der Waals surface area contributed by atoms with E-state index < -0.39 is 0 Å². The third kappa shape index (κ3) is 1.16. The highest BCUT2D eigenvalue weighted by atomic mass is 16.4. The molecule has 0 bridgehead atoms. The van der Waals surface area contributed by atoms with Crippen LogP contribution in [0.4, 0.5) is 0 Å². The minimum Gasteiger partial charge on any atom is -0.408 e. The summed E-state index contributed by atoms with van der Waals surface area (Å²) in [6, 6.07) is 5.77. The highest BCUT2D eigenvalue weighted by molar-refractivity contribution is 5.77. The molecule has 1 aromatic carbocycles. The minimum atomic E-state index is -0.298. The SMILES string of the molecule is CC(C)c1cccc2oc(=O)n(C)c12. The summed E-state index contributed by atoms with van der Waals surface area (Å²) in [4.78, 5) is 11.3. The van der Waals surface area contributed by atoms with Gasteiger partial charge in [-0.2, -0.15) is 0 Å². The first-order valence-electron chi connectivity index (χ1n) is 4.69. The van der Waals surface area contributed by atoms with Crippen LogP contribution in [0.5, 0.6) is 0 Å². The molecule has 0 atom stereocenters. The summed E-state index contributed by atoms with van der Waals surface area (Å²) in [5, 5.41) is 0. The Morgan fingerprint density at radius 1 is 1.36 bits per heavy atom. The molecule has 2 rings (SSSR count). The monoisotopic (exact) mass is 191 g/mol. The maximum atomic E-state index is 11.3. The third-order valence-electron chi connectivity index (χ3n) is 2.46. The molecule has 0 aliphatic carbocycles. The Labute approximate surface area is 82.0 Å². The fourth-order valence-electron chi connectivity index (χ4n) is 1.70. The third-order valence-corrected chi connectivity index (χ3v) is 2.46. The Morgan fingerprint density at radius 2 is 2.07 bits per heavy atom. The van der Waals surface area contributed by atoms with Crippen LogP contribution in [0.15, 0.2) is 27.4 Å². The van der Waals surface area contributed by atoms with Crippen LogP contribution in [-0.4, -0.2) is 4.57 Å². The molecule has 3 heteroatoms. The molecule has 0 saturated carbocycles. The van der Waals surface area contributed by atoms with Gasteiger partial charge in [-0.25, -0.2) is 4.79 Å². The molecule has 0 fully saturated rings. The van der Waals surface area contributed by atoms with E-state index in [0.717, 1.165) is 11.1 Å². The lowest BCUT2D eigenvalue weighted by atomic mass is 10.0. The number of hydrogen-bond acceptors (Lipinski definition) is 2. The van der Waals surface area contributed by atoms with Crippen molar-refractivity contribution < 1.29 is 4.42 Å². The van der Waals surface area contributed by atoms with Crippen LogP contribution in [0.1, 0.15) is 25.3 Å². The lowest BCUT2D eigenvalue weighted by Gasteiger charge is -2.06. The number of para-hydroxylation sites is 1. The molecule has 0 saturated heterocycles. The predicted octanol–water partition coefficient (Wildman–Crippen LogP) is 2.25. The highest BCUT2D eigenvalue weighted by Gasteiger charge is 2.11. The van der Waals surface area contributed by atoms with Gasteiger partial charge in [-0.15, -0.1) is 0 Å². The lowest BCUT2D eigenvalue weighted by Crippen LogP contribution is -2.09. The molecule has 0 radical (unpaired) electrons. The van der Waals surface area contributed by atoms with E-state index in [0.29, 0.717) is 11.5 Å². The van der Waals surface area contributed by atoms with E-state index in [9.17, 15) is 4.79 Å². The Balaban J connectivity index is 2.91. The summed E-state index contributed by atoms with van der Waals surface area (Å²) in [6.07, 6.45) is 0. The second-order valence-corrected chi connectivity index (χ2v) is 3.78. The summed E-state index contributed by atoms with van der Waals surface area (Å²) in [6.45, 7) is 4.21. The minimum absolute atomic E-state index is 0.298. The zero-order valence-electron chi connectivity index (χ0n) is 8.57. The van der Waals surface area contributed by atoms with Crippen molar-refractivity contribution in [2.45, 2.75) is 19.8 Å². The molecule has 74 valence electrons. The summed E-state index contributed by atoms with van der Waals surface area (Å²) >= 11 is 0. The molecule has 1 heterocycles. The van der Waals surface area contributed by atoms with Crippen LogP contribution < -0.4 is 5.76 Å². The second-order valence-electron chi connectivity index (χ2n) is 3.78. The number of oxazole rings is 1. The molecule has 0 unspecified atom stereocenters. The van der Waals surface area contributed by atoms with Gasteiger partial charge in [0.25, 0.3) is 0 Å². The average Bonchev–Trinajstić information content (AvgIpc) is 2.43. The van der Waals surface area contributed by atoms with Crippen LogP contribution in [0.3, 0.4) is 0 Å². The number of nitrogens with zero attached hydrogens (tertiary/aromatic N) is 1. The standard InChI is InChI=1S/C11H13NO2/c1-7(2)8-5-4-6-9-10(8)12(3)11(13)14-9/h4-7H,1-3H3. The van der Waals surface area contributed by atoms with E-state index in [4.69, 9.17) is 4.42 Å².